The van der Waals surface area contributed by atoms with Gasteiger partial charge in [-0.05, 0) is 155 Å². The van der Waals surface area contributed by atoms with E-state index in [0.29, 0.717) is 0 Å². The lowest BCUT2D eigenvalue weighted by Crippen LogP contribution is -2.60. The van der Waals surface area contributed by atoms with E-state index in [2.05, 4.69) is 219 Å². The standard InChI is InChI=1S/C66H59BN2O/c1-62(2,3)36-20-22-37(23-21-36)69-56-34-51-42(43-30-52-53(32-49(43)66(51,10)11)64(6,7)27-26-63(52,4)5)28-45(56)40-24-25-41-46-29-47-39-17-13-15-19-58(39)70-59(47)35-55(46)68-57-31-44-38-16-12-14-18-48(38)65(8,9)50(44)33-54(57)67(69)60(40)61(41)68/h12-25,28-35H,26-27H2,1-11H3. The van der Waals surface area contributed by atoms with Gasteiger partial charge in [-0.2, -0.15) is 0 Å². The highest BCUT2D eigenvalue weighted by Crippen LogP contribution is 2.58. The Morgan fingerprint density at radius 1 is 0.471 bits per heavy atom. The molecule has 0 atom stereocenters. The average molecular weight is 907 g/mol. The molecule has 0 saturated heterocycles. The molecular weight excluding hydrogens is 848 g/mol. The van der Waals surface area contributed by atoms with Crippen molar-refractivity contribution in [1.29, 1.82) is 0 Å². The smallest absolute Gasteiger partial charge is 0.333 e. The quantitative estimate of drug-likeness (QED) is 0.153. The van der Waals surface area contributed by atoms with Gasteiger partial charge in [0, 0.05) is 61.1 Å². The molecule has 0 saturated carbocycles. The second-order valence-electron chi connectivity index (χ2n) is 25.2. The van der Waals surface area contributed by atoms with Crippen LogP contribution in [0.3, 0.4) is 0 Å². The first-order chi connectivity index (χ1) is 33.3. The molecule has 8 aromatic carbocycles. The van der Waals surface area contributed by atoms with Gasteiger partial charge in [-0.25, -0.2) is 0 Å². The normalized spacial score (nSPS) is 17.9. The Balaban J connectivity index is 1.08. The van der Waals surface area contributed by atoms with Crippen molar-refractivity contribution in [2.75, 3.05) is 4.81 Å². The van der Waals surface area contributed by atoms with Crippen LogP contribution in [0.25, 0.3) is 82.8 Å². The first-order valence-corrected chi connectivity index (χ1v) is 25.8. The Hall–Kier alpha value is -6.78. The summed E-state index contributed by atoms with van der Waals surface area (Å²) in [6, 6.07) is 52.6. The number of hydrogen-bond acceptors (Lipinski definition) is 2. The minimum absolute atomic E-state index is 0.0278. The Kier molecular flexibility index (Phi) is 7.48. The fourth-order valence-corrected chi connectivity index (χ4v) is 14.5. The molecular formula is C66H59BN2O. The highest BCUT2D eigenvalue weighted by molar-refractivity contribution is 6.93. The van der Waals surface area contributed by atoms with Crippen LogP contribution in [0.5, 0.6) is 0 Å². The maximum absolute atomic E-state index is 6.70. The van der Waals surface area contributed by atoms with E-state index in [1.807, 2.05) is 0 Å². The molecule has 3 aliphatic carbocycles. The number of rotatable bonds is 1. The number of hydrogen-bond donors (Lipinski definition) is 0. The highest BCUT2D eigenvalue weighted by Gasteiger charge is 2.49. The molecule has 3 nitrogen and oxygen atoms in total. The molecule has 4 heterocycles. The monoisotopic (exact) mass is 906 g/mol. The van der Waals surface area contributed by atoms with E-state index in [-0.39, 0.29) is 33.9 Å². The number of anilines is 2. The van der Waals surface area contributed by atoms with E-state index in [4.69, 9.17) is 4.42 Å². The molecule has 70 heavy (non-hydrogen) atoms. The van der Waals surface area contributed by atoms with Crippen LogP contribution >= 0.6 is 0 Å². The van der Waals surface area contributed by atoms with Crippen molar-refractivity contribution < 1.29 is 4.42 Å². The van der Waals surface area contributed by atoms with Gasteiger partial charge in [0.05, 0.1) is 11.0 Å². The van der Waals surface area contributed by atoms with Crippen LogP contribution in [-0.4, -0.2) is 11.4 Å². The fourth-order valence-electron chi connectivity index (χ4n) is 14.5. The zero-order valence-electron chi connectivity index (χ0n) is 42.5. The van der Waals surface area contributed by atoms with E-state index in [1.54, 1.807) is 0 Å². The zero-order valence-corrected chi connectivity index (χ0v) is 42.5. The minimum atomic E-state index is -0.188. The van der Waals surface area contributed by atoms with Crippen LogP contribution in [0.15, 0.2) is 138 Å². The van der Waals surface area contributed by atoms with E-state index in [0.717, 1.165) is 21.9 Å². The van der Waals surface area contributed by atoms with Crippen LogP contribution in [0.1, 0.15) is 128 Å². The summed E-state index contributed by atoms with van der Waals surface area (Å²) in [6.45, 7) is 26.6. The Morgan fingerprint density at radius 2 is 1.13 bits per heavy atom. The molecule has 10 aromatic rings. The molecule has 2 aromatic heterocycles. The predicted octanol–water partition coefficient (Wildman–Crippen LogP) is 16.2. The highest BCUT2D eigenvalue weighted by atomic mass is 16.3. The summed E-state index contributed by atoms with van der Waals surface area (Å²) in [5.74, 6) is 0. The van der Waals surface area contributed by atoms with E-state index in [9.17, 15) is 0 Å². The van der Waals surface area contributed by atoms with Gasteiger partial charge in [0.2, 0.25) is 0 Å². The van der Waals surface area contributed by atoms with Gasteiger partial charge in [-0.15, -0.1) is 0 Å². The number of nitrogens with zero attached hydrogens (tertiary/aromatic N) is 2. The topological polar surface area (TPSA) is 21.3 Å². The lowest BCUT2D eigenvalue weighted by atomic mass is 9.43. The van der Waals surface area contributed by atoms with Gasteiger partial charge in [0.25, 0.3) is 0 Å². The first-order valence-electron chi connectivity index (χ1n) is 25.8. The van der Waals surface area contributed by atoms with E-state index >= 15 is 0 Å². The molecule has 0 bridgehead atoms. The van der Waals surface area contributed by atoms with Gasteiger partial charge in [-0.1, -0.05) is 155 Å². The summed E-state index contributed by atoms with van der Waals surface area (Å²) < 4.78 is 9.33. The molecule has 0 unspecified atom stereocenters. The van der Waals surface area contributed by atoms with Crippen molar-refractivity contribution in [3.63, 3.8) is 0 Å². The molecule has 2 aliphatic heterocycles. The summed E-state index contributed by atoms with van der Waals surface area (Å²) >= 11 is 0. The summed E-state index contributed by atoms with van der Waals surface area (Å²) in [5.41, 5.74) is 28.9. The maximum Gasteiger partial charge on any atom is 0.333 e. The van der Waals surface area contributed by atoms with Crippen molar-refractivity contribution >= 4 is 72.9 Å². The Bertz CT molecular complexity index is 4050. The minimum Gasteiger partial charge on any atom is -0.456 e. The number of aromatic nitrogens is 1. The maximum atomic E-state index is 6.70. The molecule has 342 valence electrons. The third-order valence-electron chi connectivity index (χ3n) is 18.6. The molecule has 4 heteroatoms. The van der Waals surface area contributed by atoms with E-state index in [1.165, 1.54) is 135 Å². The van der Waals surface area contributed by atoms with Gasteiger partial charge in [0.15, 0.2) is 0 Å². The predicted molar refractivity (Wildman–Crippen MR) is 296 cm³/mol. The molecule has 15 rings (SSSR count). The molecule has 0 fully saturated rings. The van der Waals surface area contributed by atoms with Crippen LogP contribution < -0.4 is 15.7 Å². The van der Waals surface area contributed by atoms with Crippen LogP contribution in [-0.2, 0) is 27.1 Å². The summed E-state index contributed by atoms with van der Waals surface area (Å²) in [6.07, 6.45) is 2.40. The molecule has 0 N–H and O–H groups in total. The first kappa shape index (κ1) is 41.0. The summed E-state index contributed by atoms with van der Waals surface area (Å²) in [4.78, 5) is 2.75. The van der Waals surface area contributed by atoms with Crippen LogP contribution in [0.4, 0.5) is 11.4 Å². The fraction of sp³-hybridized carbons (Fsp3) is 0.273. The zero-order chi connectivity index (χ0) is 47.9. The lowest BCUT2D eigenvalue weighted by molar-refractivity contribution is 0.331. The molecule has 5 aliphatic rings. The van der Waals surface area contributed by atoms with Gasteiger partial charge < -0.3 is 13.8 Å². The van der Waals surface area contributed by atoms with Crippen LogP contribution in [0, 0.1) is 0 Å². The van der Waals surface area contributed by atoms with Crippen molar-refractivity contribution in [3.05, 3.63) is 172 Å². The summed E-state index contributed by atoms with van der Waals surface area (Å²) in [5, 5.41) is 4.87. The second-order valence-corrected chi connectivity index (χ2v) is 25.2. The number of para-hydroxylation sites is 1. The summed E-state index contributed by atoms with van der Waals surface area (Å²) in [7, 11) is 0. The van der Waals surface area contributed by atoms with Crippen molar-refractivity contribution in [2.24, 2.45) is 0 Å². The molecule has 0 amide bonds. The van der Waals surface area contributed by atoms with Crippen molar-refractivity contribution in [3.8, 4) is 39.1 Å². The Labute approximate surface area is 412 Å². The average Bonchev–Trinajstić information content (AvgIpc) is 4.00. The third kappa shape index (κ3) is 4.98. The lowest BCUT2D eigenvalue weighted by Gasteiger charge is -2.43. The SMILES string of the molecule is CC(C)(C)c1ccc(N2B3c4cc5c(cc4-n4c6cc7oc8ccccc8c7cc6c6ccc(c3c64)-c3cc4c(cc32)C(C)(C)c2cc3c(cc2-4)C(C)(C)CCC3(C)C)-c2ccccc2C5(C)C)cc1. The third-order valence-corrected chi connectivity index (χ3v) is 18.6. The second kappa shape index (κ2) is 12.8. The number of benzene rings is 8. The molecule has 0 radical (unpaired) electrons. The van der Waals surface area contributed by atoms with Crippen LogP contribution in [0.2, 0.25) is 0 Å². The van der Waals surface area contributed by atoms with Gasteiger partial charge >= 0.3 is 6.85 Å². The molecule has 0 spiro atoms. The van der Waals surface area contributed by atoms with Crippen molar-refractivity contribution in [1.82, 2.24) is 4.57 Å². The van der Waals surface area contributed by atoms with Gasteiger partial charge in [0.1, 0.15) is 11.2 Å². The van der Waals surface area contributed by atoms with Crippen molar-refractivity contribution in [2.45, 2.75) is 116 Å². The number of fused-ring (bicyclic) bond motifs is 18. The Morgan fingerprint density at radius 3 is 1.90 bits per heavy atom. The largest absolute Gasteiger partial charge is 0.456 e. The van der Waals surface area contributed by atoms with Gasteiger partial charge in [-0.3, -0.25) is 0 Å². The number of furan rings is 1. The van der Waals surface area contributed by atoms with E-state index < -0.39 is 0 Å².